The van der Waals surface area contributed by atoms with Crippen LogP contribution in [0.25, 0.3) is 11.1 Å². The Morgan fingerprint density at radius 1 is 0.795 bits per heavy atom. The molecule has 1 fully saturated rings. The average molecular weight is 522 g/mol. The minimum Gasteiger partial charge on any atom is -0.490 e. The van der Waals surface area contributed by atoms with E-state index < -0.39 is 5.97 Å². The first-order valence-electron chi connectivity index (χ1n) is 13.7. The number of piperidine rings is 1. The summed E-state index contributed by atoms with van der Waals surface area (Å²) in [6.45, 7) is 4.42. The molecule has 5 heteroatoms. The van der Waals surface area contributed by atoms with Crippen molar-refractivity contribution < 1.29 is 19.4 Å². The third-order valence-electron chi connectivity index (χ3n) is 7.40. The second-order valence-electron chi connectivity index (χ2n) is 9.95. The quantitative estimate of drug-likeness (QED) is 0.239. The minimum atomic E-state index is -0.697. The molecular formula is C34H35NO4. The summed E-state index contributed by atoms with van der Waals surface area (Å²) in [6, 6.07) is 35.4. The van der Waals surface area contributed by atoms with E-state index >= 15 is 0 Å². The zero-order valence-electron chi connectivity index (χ0n) is 22.3. The monoisotopic (exact) mass is 521 g/mol. The molecule has 1 N–H and O–H groups in total. The molecule has 4 aromatic carbocycles. The number of hydrogen-bond acceptors (Lipinski definition) is 4. The molecule has 0 radical (unpaired) electrons. The molecule has 0 amide bonds. The van der Waals surface area contributed by atoms with E-state index in [1.54, 1.807) is 0 Å². The number of ether oxygens (including phenoxy) is 2. The fraction of sp³-hybridized carbons (Fsp3) is 0.265. The highest BCUT2D eigenvalue weighted by Crippen LogP contribution is 2.38. The SMILES string of the molecule is CCOc1cc(C(c2ccc(-c3ccccc3)cc2)N2CCC(C(=O)O)CC2)ccc1OCc1ccccc1. The van der Waals surface area contributed by atoms with E-state index in [2.05, 4.69) is 65.6 Å². The number of likely N-dealkylation sites (tertiary alicyclic amines) is 1. The van der Waals surface area contributed by atoms with Gasteiger partial charge in [-0.2, -0.15) is 0 Å². The first kappa shape index (κ1) is 26.5. The van der Waals surface area contributed by atoms with E-state index in [0.29, 0.717) is 31.8 Å². The van der Waals surface area contributed by atoms with E-state index in [9.17, 15) is 9.90 Å². The van der Waals surface area contributed by atoms with Crippen molar-refractivity contribution in [3.63, 3.8) is 0 Å². The summed E-state index contributed by atoms with van der Waals surface area (Å²) >= 11 is 0. The van der Waals surface area contributed by atoms with Crippen LogP contribution in [0.2, 0.25) is 0 Å². The van der Waals surface area contributed by atoms with Crippen molar-refractivity contribution >= 4 is 5.97 Å². The van der Waals surface area contributed by atoms with Gasteiger partial charge in [-0.1, -0.05) is 91.0 Å². The highest BCUT2D eigenvalue weighted by molar-refractivity contribution is 5.70. The number of nitrogens with zero attached hydrogens (tertiary/aromatic N) is 1. The molecule has 0 aromatic heterocycles. The highest BCUT2D eigenvalue weighted by atomic mass is 16.5. The predicted octanol–water partition coefficient (Wildman–Crippen LogP) is 7.22. The first-order valence-corrected chi connectivity index (χ1v) is 13.7. The van der Waals surface area contributed by atoms with Gasteiger partial charge in [0.2, 0.25) is 0 Å². The van der Waals surface area contributed by atoms with Crippen LogP contribution in [0.15, 0.2) is 103 Å². The Morgan fingerprint density at radius 3 is 2.05 bits per heavy atom. The number of hydrogen-bond donors (Lipinski definition) is 1. The lowest BCUT2D eigenvalue weighted by molar-refractivity contribution is -0.143. The van der Waals surface area contributed by atoms with Gasteiger partial charge in [0.1, 0.15) is 6.61 Å². The molecule has 200 valence electrons. The maximum absolute atomic E-state index is 11.6. The van der Waals surface area contributed by atoms with Crippen molar-refractivity contribution in [2.75, 3.05) is 19.7 Å². The summed E-state index contributed by atoms with van der Waals surface area (Å²) in [5.74, 6) is 0.455. The summed E-state index contributed by atoms with van der Waals surface area (Å²) in [5, 5.41) is 9.55. The van der Waals surface area contributed by atoms with E-state index in [-0.39, 0.29) is 12.0 Å². The number of carboxylic acid groups (broad SMARTS) is 1. The smallest absolute Gasteiger partial charge is 0.306 e. The van der Waals surface area contributed by atoms with Crippen LogP contribution in [0.4, 0.5) is 0 Å². The van der Waals surface area contributed by atoms with E-state index in [1.807, 2.05) is 49.4 Å². The number of aliphatic carboxylic acids is 1. The van der Waals surface area contributed by atoms with Crippen LogP contribution < -0.4 is 9.47 Å². The Morgan fingerprint density at radius 2 is 1.41 bits per heavy atom. The highest BCUT2D eigenvalue weighted by Gasteiger charge is 2.30. The number of carbonyl (C=O) groups is 1. The molecule has 0 bridgehead atoms. The Kier molecular flexibility index (Phi) is 8.59. The van der Waals surface area contributed by atoms with Gasteiger partial charge in [-0.25, -0.2) is 0 Å². The maximum Gasteiger partial charge on any atom is 0.306 e. The van der Waals surface area contributed by atoms with Crippen LogP contribution >= 0.6 is 0 Å². The topological polar surface area (TPSA) is 59.0 Å². The summed E-state index contributed by atoms with van der Waals surface area (Å²) < 4.78 is 12.2. The fourth-order valence-electron chi connectivity index (χ4n) is 5.32. The second kappa shape index (κ2) is 12.6. The predicted molar refractivity (Wildman–Crippen MR) is 154 cm³/mol. The van der Waals surface area contributed by atoms with Gasteiger partial charge in [0.25, 0.3) is 0 Å². The minimum absolute atomic E-state index is 0.0213. The van der Waals surface area contributed by atoms with Crippen molar-refractivity contribution in [3.05, 3.63) is 120 Å². The molecule has 1 unspecified atom stereocenters. The van der Waals surface area contributed by atoms with Crippen LogP contribution in [0.5, 0.6) is 11.5 Å². The van der Waals surface area contributed by atoms with Crippen molar-refractivity contribution in [2.45, 2.75) is 32.4 Å². The van der Waals surface area contributed by atoms with Crippen molar-refractivity contribution in [1.82, 2.24) is 4.90 Å². The Labute approximate surface area is 230 Å². The third-order valence-corrected chi connectivity index (χ3v) is 7.40. The third kappa shape index (κ3) is 6.50. The molecule has 0 saturated carbocycles. The summed E-state index contributed by atoms with van der Waals surface area (Å²) in [6.07, 6.45) is 1.29. The van der Waals surface area contributed by atoms with E-state index in [1.165, 1.54) is 16.7 Å². The Bertz CT molecular complexity index is 1350. The van der Waals surface area contributed by atoms with E-state index in [4.69, 9.17) is 9.47 Å². The summed E-state index contributed by atoms with van der Waals surface area (Å²) in [5.41, 5.74) is 5.72. The van der Waals surface area contributed by atoms with Gasteiger partial charge in [0.15, 0.2) is 11.5 Å². The van der Waals surface area contributed by atoms with Crippen LogP contribution in [0.3, 0.4) is 0 Å². The van der Waals surface area contributed by atoms with Crippen LogP contribution in [-0.2, 0) is 11.4 Å². The molecule has 1 aliphatic rings. The molecule has 1 aliphatic heterocycles. The molecule has 1 heterocycles. The van der Waals surface area contributed by atoms with Crippen molar-refractivity contribution in [3.8, 4) is 22.6 Å². The Balaban J connectivity index is 1.45. The van der Waals surface area contributed by atoms with Gasteiger partial charge in [-0.15, -0.1) is 0 Å². The van der Waals surface area contributed by atoms with Gasteiger partial charge in [-0.05, 0) is 72.8 Å². The fourth-order valence-corrected chi connectivity index (χ4v) is 5.32. The summed E-state index contributed by atoms with van der Waals surface area (Å²) in [7, 11) is 0. The number of benzene rings is 4. The molecule has 5 nitrogen and oxygen atoms in total. The lowest BCUT2D eigenvalue weighted by Gasteiger charge is -2.37. The lowest BCUT2D eigenvalue weighted by atomic mass is 9.90. The largest absolute Gasteiger partial charge is 0.490 e. The lowest BCUT2D eigenvalue weighted by Crippen LogP contribution is -2.39. The standard InChI is InChI=1S/C34H35NO4/c1-2-38-32-23-30(17-18-31(32)39-24-25-9-5-3-6-10-25)33(35-21-19-29(20-22-35)34(36)37)28-15-13-27(14-16-28)26-11-7-4-8-12-26/h3-18,23,29,33H,2,19-22,24H2,1H3,(H,36,37). The van der Waals surface area contributed by atoms with Gasteiger partial charge in [0.05, 0.1) is 18.6 Å². The maximum atomic E-state index is 11.6. The molecule has 1 saturated heterocycles. The normalized spacial score (nSPS) is 15.0. The molecule has 0 aliphatic carbocycles. The zero-order valence-corrected chi connectivity index (χ0v) is 22.3. The molecular weight excluding hydrogens is 486 g/mol. The van der Waals surface area contributed by atoms with Crippen molar-refractivity contribution in [1.29, 1.82) is 0 Å². The van der Waals surface area contributed by atoms with Gasteiger partial charge < -0.3 is 14.6 Å². The number of rotatable bonds is 10. The molecule has 5 rings (SSSR count). The second-order valence-corrected chi connectivity index (χ2v) is 9.95. The first-order chi connectivity index (χ1) is 19.1. The van der Waals surface area contributed by atoms with Crippen LogP contribution in [0.1, 0.15) is 42.5 Å². The molecule has 4 aromatic rings. The molecule has 0 spiro atoms. The summed E-state index contributed by atoms with van der Waals surface area (Å²) in [4.78, 5) is 14.0. The van der Waals surface area contributed by atoms with Crippen LogP contribution in [-0.4, -0.2) is 35.7 Å². The molecule has 1 atom stereocenters. The molecule has 39 heavy (non-hydrogen) atoms. The van der Waals surface area contributed by atoms with Crippen molar-refractivity contribution in [2.24, 2.45) is 5.92 Å². The van der Waals surface area contributed by atoms with Gasteiger partial charge in [0, 0.05) is 0 Å². The average Bonchev–Trinajstić information content (AvgIpc) is 2.99. The van der Waals surface area contributed by atoms with Gasteiger partial charge in [-0.3, -0.25) is 9.69 Å². The number of carboxylic acids is 1. The van der Waals surface area contributed by atoms with E-state index in [0.717, 1.165) is 30.0 Å². The zero-order chi connectivity index (χ0) is 27.0. The van der Waals surface area contributed by atoms with Crippen LogP contribution in [0, 0.1) is 5.92 Å². The Hall–Kier alpha value is -4.09. The van der Waals surface area contributed by atoms with Gasteiger partial charge >= 0.3 is 5.97 Å².